The number of nitrogens with zero attached hydrogens (tertiary/aromatic N) is 3. The number of benzene rings is 1. The van der Waals surface area contributed by atoms with Crippen LogP contribution in [0.5, 0.6) is 5.75 Å². The van der Waals surface area contributed by atoms with Crippen LogP contribution in [0.15, 0.2) is 29.6 Å². The maximum Gasteiger partial charge on any atom is 0.307 e. The third-order valence-corrected chi connectivity index (χ3v) is 13.9. The van der Waals surface area contributed by atoms with Crippen molar-refractivity contribution in [2.75, 3.05) is 66.8 Å². The molecule has 0 fully saturated rings. The van der Waals surface area contributed by atoms with E-state index in [9.17, 15) is 48.6 Å². The second kappa shape index (κ2) is 50.0. The number of amides is 3. The minimum atomic E-state index is -0.958. The SMILES string of the molecule is CC.CCCCC.CCCCN(C)CC=O.CNCC(=O)N(COC(=O)CC(C)C)C(CC(OC(C)=O)c1nc(C(=O)NC(CCC(=O)OCCCNC(=O)CCCC(=O)OCC(OC(CO)CC(C)(C)C)OC(C)(C)C)Cc2ccc(O)cc2)cs1)C(C)C. The molecule has 0 saturated carbocycles. The number of aromatic nitrogens is 1. The first kappa shape index (κ1) is 86.5. The number of hydrogen-bond donors (Lipinski definition) is 5. The Balaban J connectivity index is 0. The quantitative estimate of drug-likeness (QED) is 0.0136. The number of hydrogen-bond acceptors (Lipinski definition) is 20. The summed E-state index contributed by atoms with van der Waals surface area (Å²) in [5, 5.41) is 30.1. The topological polar surface area (TPSA) is 288 Å². The third-order valence-electron chi connectivity index (χ3n) is 12.9. The van der Waals surface area contributed by atoms with Crippen LogP contribution < -0.4 is 16.0 Å². The Morgan fingerprint density at radius 3 is 1.99 bits per heavy atom. The summed E-state index contributed by atoms with van der Waals surface area (Å²) in [6, 6.07) is 5.31. The maximum atomic E-state index is 13.8. The van der Waals surface area contributed by atoms with E-state index in [0.29, 0.717) is 30.8 Å². The van der Waals surface area contributed by atoms with E-state index in [-0.39, 0.29) is 125 Å². The number of rotatable bonds is 41. The number of esters is 4. The first-order valence-corrected chi connectivity index (χ1v) is 33.2. The molecule has 5 atom stereocenters. The van der Waals surface area contributed by atoms with Crippen molar-refractivity contribution in [3.05, 3.63) is 45.9 Å². The van der Waals surface area contributed by atoms with Gasteiger partial charge in [0, 0.05) is 63.0 Å². The van der Waals surface area contributed by atoms with Gasteiger partial charge < -0.3 is 64.3 Å². The average Bonchev–Trinajstić information content (AvgIpc) is 1.74. The van der Waals surface area contributed by atoms with Crippen molar-refractivity contribution in [1.29, 1.82) is 0 Å². The van der Waals surface area contributed by atoms with E-state index in [1.54, 1.807) is 19.2 Å². The van der Waals surface area contributed by atoms with Crippen LogP contribution in [-0.4, -0.2) is 170 Å². The number of aliphatic hydroxyl groups is 1. The Labute approximate surface area is 543 Å². The van der Waals surface area contributed by atoms with Gasteiger partial charge in [0.25, 0.3) is 5.91 Å². The summed E-state index contributed by atoms with van der Waals surface area (Å²) in [7, 11) is 3.59. The van der Waals surface area contributed by atoms with E-state index in [1.807, 2.05) is 95.0 Å². The lowest BCUT2D eigenvalue weighted by atomic mass is 9.89. The second-order valence-corrected chi connectivity index (χ2v) is 25.8. The van der Waals surface area contributed by atoms with Gasteiger partial charge in [-0.3, -0.25) is 38.5 Å². The van der Waals surface area contributed by atoms with Crippen molar-refractivity contribution >= 4 is 59.2 Å². The van der Waals surface area contributed by atoms with Gasteiger partial charge in [-0.15, -0.1) is 11.3 Å². The molecule has 518 valence electrons. The predicted octanol–water partition coefficient (Wildman–Crippen LogP) is 10.4. The number of aromatic hydroxyl groups is 1. The second-order valence-electron chi connectivity index (χ2n) is 24.9. The molecule has 1 aromatic carbocycles. The van der Waals surface area contributed by atoms with Crippen LogP contribution in [-0.2, 0) is 68.4 Å². The molecule has 22 nitrogen and oxygen atoms in total. The van der Waals surface area contributed by atoms with E-state index in [4.69, 9.17) is 28.4 Å². The van der Waals surface area contributed by atoms with Gasteiger partial charge in [-0.05, 0) is 115 Å². The Morgan fingerprint density at radius 2 is 1.46 bits per heavy atom. The fourth-order valence-electron chi connectivity index (χ4n) is 8.57. The highest BCUT2D eigenvalue weighted by molar-refractivity contribution is 7.09. The Morgan fingerprint density at radius 1 is 0.822 bits per heavy atom. The number of nitrogens with one attached hydrogen (secondary N) is 3. The summed E-state index contributed by atoms with van der Waals surface area (Å²) in [4.78, 5) is 108. The monoisotopic (exact) mass is 1290 g/mol. The van der Waals surface area contributed by atoms with Gasteiger partial charge in [-0.25, -0.2) is 4.98 Å². The molecule has 0 bridgehead atoms. The van der Waals surface area contributed by atoms with Crippen molar-refractivity contribution in [3.8, 4) is 5.75 Å². The van der Waals surface area contributed by atoms with Gasteiger partial charge in [0.1, 0.15) is 29.3 Å². The molecule has 0 aliphatic carbocycles. The van der Waals surface area contributed by atoms with Gasteiger partial charge in [-0.2, -0.15) is 0 Å². The molecule has 0 spiro atoms. The maximum absolute atomic E-state index is 13.8. The molecule has 2 rings (SSSR count). The summed E-state index contributed by atoms with van der Waals surface area (Å²) in [6.45, 7) is 32.2. The fraction of sp³-hybridized carbons (Fsp3) is 0.746. The zero-order chi connectivity index (χ0) is 68.8. The molecule has 0 aliphatic heterocycles. The van der Waals surface area contributed by atoms with Crippen molar-refractivity contribution in [2.45, 2.75) is 243 Å². The van der Waals surface area contributed by atoms with Crippen LogP contribution in [0.4, 0.5) is 0 Å². The molecule has 5 unspecified atom stereocenters. The molecule has 5 N–H and O–H groups in total. The first-order chi connectivity index (χ1) is 42.4. The number of carbonyl (C=O) groups excluding carboxylic acids is 8. The molecule has 1 aromatic heterocycles. The third kappa shape index (κ3) is 44.8. The number of aliphatic hydroxyl groups excluding tert-OH is 1. The van der Waals surface area contributed by atoms with Crippen LogP contribution >= 0.6 is 11.3 Å². The number of phenolic OH excluding ortho intramolecular Hbond substituents is 1. The van der Waals surface area contributed by atoms with Crippen molar-refractivity contribution in [1.82, 2.24) is 30.7 Å². The zero-order valence-electron chi connectivity index (χ0n) is 58.1. The van der Waals surface area contributed by atoms with E-state index in [1.165, 1.54) is 61.4 Å². The Hall–Kier alpha value is -5.59. The minimum absolute atomic E-state index is 0.00526. The normalized spacial score (nSPS) is 12.9. The largest absolute Gasteiger partial charge is 0.508 e. The van der Waals surface area contributed by atoms with Gasteiger partial charge in [0.2, 0.25) is 11.8 Å². The molecule has 0 saturated heterocycles. The lowest BCUT2D eigenvalue weighted by Gasteiger charge is -2.35. The standard InChI is InChI=1S/C53H85N5O15S.C7H15NO.C5H12.C2H6/c1-34(2)25-48(66)70-33-58(45(63)29-54-12)42(35(3)4)27-43(71-36(5)60)51-57-41(32-74-51)50(67)56-38(26-37-17-20-39(61)21-18-37)19-22-47(65)68-24-14-23-55-44(62)15-13-16-46(64)69-31-49(73-53(9,10)11)72-40(30-59)28-52(6,7)8;1-3-4-5-8(2)6-7-9;1-3-5-4-2;1-2/h17-18,20-21,32,34-35,38,40,42-43,49,54,59,61H,13-16,19,22-31,33H2,1-12H3,(H,55,62)(H,56,67);7H,3-6H2,1-2H3;3-5H2,1-2H3;1-2H3. The number of ether oxygens (including phenoxy) is 6. The van der Waals surface area contributed by atoms with E-state index in [0.717, 1.165) is 29.7 Å². The smallest absolute Gasteiger partial charge is 0.307 e. The number of likely N-dealkylation sites (N-methyl/N-ethyl adjacent to an activating group) is 2. The number of phenols is 1. The highest BCUT2D eigenvalue weighted by atomic mass is 32.1. The van der Waals surface area contributed by atoms with Crippen LogP contribution in [0, 0.1) is 17.3 Å². The Kier molecular flexibility index (Phi) is 48.1. The van der Waals surface area contributed by atoms with Crippen LogP contribution in [0.1, 0.15) is 228 Å². The lowest BCUT2D eigenvalue weighted by Crippen LogP contribution is -2.48. The summed E-state index contributed by atoms with van der Waals surface area (Å²) in [5.41, 5.74) is 0.119. The summed E-state index contributed by atoms with van der Waals surface area (Å²) in [5.74, 6) is -3.30. The molecule has 0 radical (unpaired) electrons. The molecule has 1 heterocycles. The number of carbonyl (C=O) groups is 8. The van der Waals surface area contributed by atoms with Crippen LogP contribution in [0.25, 0.3) is 0 Å². The highest BCUT2D eigenvalue weighted by Crippen LogP contribution is 2.31. The summed E-state index contributed by atoms with van der Waals surface area (Å²) < 4.78 is 34.0. The van der Waals surface area contributed by atoms with Crippen molar-refractivity contribution in [2.24, 2.45) is 17.3 Å². The van der Waals surface area contributed by atoms with Crippen molar-refractivity contribution in [3.63, 3.8) is 0 Å². The van der Waals surface area contributed by atoms with E-state index < -0.39 is 66.0 Å². The predicted molar refractivity (Wildman–Crippen MR) is 352 cm³/mol. The van der Waals surface area contributed by atoms with Crippen LogP contribution in [0.3, 0.4) is 0 Å². The number of aldehydes is 1. The fourth-order valence-corrected chi connectivity index (χ4v) is 9.41. The van der Waals surface area contributed by atoms with E-state index in [2.05, 4.69) is 41.7 Å². The Bertz CT molecular complexity index is 2280. The highest BCUT2D eigenvalue weighted by Gasteiger charge is 2.34. The van der Waals surface area contributed by atoms with Gasteiger partial charge >= 0.3 is 23.9 Å². The van der Waals surface area contributed by atoms with E-state index >= 15 is 0 Å². The molecule has 0 aliphatic rings. The molecule has 2 aromatic rings. The lowest BCUT2D eigenvalue weighted by molar-refractivity contribution is -0.241. The van der Waals surface area contributed by atoms with Gasteiger partial charge in [-0.1, -0.05) is 121 Å². The van der Waals surface area contributed by atoms with Crippen molar-refractivity contribution < 1.29 is 77.0 Å². The van der Waals surface area contributed by atoms with Crippen LogP contribution in [0.2, 0.25) is 0 Å². The summed E-state index contributed by atoms with van der Waals surface area (Å²) >= 11 is 1.10. The molecular weight excluding hydrogens is 1180 g/mol. The van der Waals surface area contributed by atoms with Gasteiger partial charge in [0.15, 0.2) is 19.1 Å². The van der Waals surface area contributed by atoms with Gasteiger partial charge in [0.05, 0.1) is 38.0 Å². The molecule has 3 amide bonds. The number of thiazole rings is 1. The molecular formula is C67H118N6O16S. The minimum Gasteiger partial charge on any atom is -0.508 e. The average molecular weight is 1300 g/mol. The molecule has 23 heteroatoms. The first-order valence-electron chi connectivity index (χ1n) is 32.4. The zero-order valence-corrected chi connectivity index (χ0v) is 58.9. The number of unbranched alkanes of at least 4 members (excludes halogenated alkanes) is 3. The molecule has 90 heavy (non-hydrogen) atoms. The summed E-state index contributed by atoms with van der Waals surface area (Å²) in [6.07, 6.45) is 6.96.